The molecule has 0 unspecified atom stereocenters. The van der Waals surface area contributed by atoms with E-state index >= 15 is 0 Å². The molecule has 22 heavy (non-hydrogen) atoms. The van der Waals surface area contributed by atoms with Crippen LogP contribution < -0.4 is 10.2 Å². The summed E-state index contributed by atoms with van der Waals surface area (Å²) in [7, 11) is 0. The van der Waals surface area contributed by atoms with E-state index in [9.17, 15) is 0 Å². The van der Waals surface area contributed by atoms with E-state index in [1.807, 2.05) is 12.4 Å². The van der Waals surface area contributed by atoms with Crippen molar-refractivity contribution in [3.05, 3.63) is 59.4 Å². The van der Waals surface area contributed by atoms with E-state index in [1.165, 1.54) is 22.4 Å². The Morgan fingerprint density at radius 2 is 1.82 bits per heavy atom. The second-order valence-electron chi connectivity index (χ2n) is 6.15. The average molecular weight is 294 g/mol. The normalized spacial score (nSPS) is 18.5. The number of hydrogen-bond donors (Lipinski definition) is 1. The highest BCUT2D eigenvalue weighted by molar-refractivity contribution is 5.58. The highest BCUT2D eigenvalue weighted by atomic mass is 15.2. The third kappa shape index (κ3) is 2.72. The van der Waals surface area contributed by atoms with Gasteiger partial charge in [-0.25, -0.2) is 0 Å². The minimum absolute atomic E-state index is 0.998. The van der Waals surface area contributed by atoms with Gasteiger partial charge in [0.1, 0.15) is 0 Å². The predicted octanol–water partition coefficient (Wildman–Crippen LogP) is 2.01. The van der Waals surface area contributed by atoms with Crippen molar-refractivity contribution >= 4 is 5.69 Å². The molecule has 2 aromatic rings. The van der Waals surface area contributed by atoms with Crippen LogP contribution in [0.2, 0.25) is 0 Å². The fourth-order valence-corrected chi connectivity index (χ4v) is 3.53. The number of nitrogens with zero attached hydrogens (tertiary/aromatic N) is 3. The van der Waals surface area contributed by atoms with Crippen molar-refractivity contribution in [3.63, 3.8) is 0 Å². The lowest BCUT2D eigenvalue weighted by Crippen LogP contribution is -2.43. The molecule has 1 aromatic heterocycles. The van der Waals surface area contributed by atoms with Gasteiger partial charge in [-0.2, -0.15) is 0 Å². The highest BCUT2D eigenvalue weighted by Crippen LogP contribution is 2.32. The van der Waals surface area contributed by atoms with Crippen LogP contribution in [0, 0.1) is 0 Å². The van der Waals surface area contributed by atoms with Gasteiger partial charge < -0.3 is 10.2 Å². The molecule has 2 aliphatic rings. The zero-order valence-electron chi connectivity index (χ0n) is 12.8. The summed E-state index contributed by atoms with van der Waals surface area (Å²) in [5, 5.41) is 3.44. The summed E-state index contributed by atoms with van der Waals surface area (Å²) in [4.78, 5) is 9.16. The summed E-state index contributed by atoms with van der Waals surface area (Å²) in [6.07, 6.45) is 3.76. The van der Waals surface area contributed by atoms with E-state index in [2.05, 4.69) is 50.4 Å². The van der Waals surface area contributed by atoms with Gasteiger partial charge in [0.05, 0.1) is 0 Å². The van der Waals surface area contributed by atoms with Gasteiger partial charge >= 0.3 is 0 Å². The molecule has 4 heteroatoms. The number of pyridine rings is 1. The molecule has 3 heterocycles. The minimum atomic E-state index is 0.998. The number of piperazine rings is 1. The first-order valence-electron chi connectivity index (χ1n) is 8.08. The quantitative estimate of drug-likeness (QED) is 0.938. The van der Waals surface area contributed by atoms with E-state index in [4.69, 9.17) is 0 Å². The van der Waals surface area contributed by atoms with Crippen LogP contribution in [0.4, 0.5) is 5.69 Å². The average Bonchev–Trinajstić information content (AvgIpc) is 2.99. The number of aromatic nitrogens is 1. The van der Waals surface area contributed by atoms with Gasteiger partial charge in [0.2, 0.25) is 0 Å². The Labute approximate surface area is 131 Å². The SMILES string of the molecule is c1cc2c(c(N3CCNCC3)c1)CN(Cc1ccncc1)C2. The molecule has 0 saturated carbocycles. The Balaban J connectivity index is 1.53. The van der Waals surface area contributed by atoms with Crippen LogP contribution in [-0.2, 0) is 19.6 Å². The van der Waals surface area contributed by atoms with Gasteiger partial charge in [-0.3, -0.25) is 9.88 Å². The molecule has 1 aromatic carbocycles. The zero-order chi connectivity index (χ0) is 14.8. The standard InChI is InChI=1S/C18H22N4/c1-2-16-13-21(12-15-4-6-19-7-5-15)14-17(16)18(3-1)22-10-8-20-9-11-22/h1-7,20H,8-14H2. The molecule has 0 amide bonds. The smallest absolute Gasteiger partial charge is 0.0416 e. The Morgan fingerprint density at radius 1 is 1.00 bits per heavy atom. The molecule has 114 valence electrons. The molecule has 0 radical (unpaired) electrons. The maximum absolute atomic E-state index is 4.10. The van der Waals surface area contributed by atoms with E-state index in [0.717, 1.165) is 45.8 Å². The highest BCUT2D eigenvalue weighted by Gasteiger charge is 2.24. The molecule has 1 N–H and O–H groups in total. The Morgan fingerprint density at radius 3 is 2.64 bits per heavy atom. The number of nitrogens with one attached hydrogen (secondary N) is 1. The predicted molar refractivity (Wildman–Crippen MR) is 88.7 cm³/mol. The summed E-state index contributed by atoms with van der Waals surface area (Å²) in [6, 6.07) is 11.0. The van der Waals surface area contributed by atoms with Crippen LogP contribution in [0.3, 0.4) is 0 Å². The van der Waals surface area contributed by atoms with Gasteiger partial charge in [-0.05, 0) is 34.9 Å². The largest absolute Gasteiger partial charge is 0.369 e. The number of rotatable bonds is 3. The molecule has 2 aliphatic heterocycles. The van der Waals surface area contributed by atoms with Gasteiger partial charge in [0, 0.05) is 63.9 Å². The Hall–Kier alpha value is -1.91. The third-order valence-electron chi connectivity index (χ3n) is 4.64. The van der Waals surface area contributed by atoms with Crippen LogP contribution in [0.5, 0.6) is 0 Å². The summed E-state index contributed by atoms with van der Waals surface area (Å²) in [6.45, 7) is 7.50. The monoisotopic (exact) mass is 294 g/mol. The summed E-state index contributed by atoms with van der Waals surface area (Å²) in [5.41, 5.74) is 5.80. The molecule has 0 aliphatic carbocycles. The van der Waals surface area contributed by atoms with Crippen LogP contribution in [0.25, 0.3) is 0 Å². The van der Waals surface area contributed by atoms with Gasteiger partial charge in [0.25, 0.3) is 0 Å². The molecule has 0 atom stereocenters. The van der Waals surface area contributed by atoms with Crippen molar-refractivity contribution in [1.82, 2.24) is 15.2 Å². The molecule has 1 saturated heterocycles. The van der Waals surface area contributed by atoms with Crippen molar-refractivity contribution in [3.8, 4) is 0 Å². The van der Waals surface area contributed by atoms with E-state index < -0.39 is 0 Å². The van der Waals surface area contributed by atoms with Crippen LogP contribution >= 0.6 is 0 Å². The van der Waals surface area contributed by atoms with Crippen molar-refractivity contribution in [2.75, 3.05) is 31.1 Å². The first-order valence-corrected chi connectivity index (χ1v) is 8.08. The Kier molecular flexibility index (Phi) is 3.79. The molecule has 0 spiro atoms. The lowest BCUT2D eigenvalue weighted by molar-refractivity contribution is 0.275. The number of fused-ring (bicyclic) bond motifs is 1. The fourth-order valence-electron chi connectivity index (χ4n) is 3.53. The number of hydrogen-bond acceptors (Lipinski definition) is 4. The second kappa shape index (κ2) is 6.07. The first-order chi connectivity index (χ1) is 10.9. The van der Waals surface area contributed by atoms with Crippen molar-refractivity contribution in [1.29, 1.82) is 0 Å². The maximum atomic E-state index is 4.10. The van der Waals surface area contributed by atoms with Gasteiger partial charge in [0.15, 0.2) is 0 Å². The molecule has 4 rings (SSSR count). The molecular weight excluding hydrogens is 272 g/mol. The topological polar surface area (TPSA) is 31.4 Å². The van der Waals surface area contributed by atoms with Crippen molar-refractivity contribution in [2.45, 2.75) is 19.6 Å². The van der Waals surface area contributed by atoms with Crippen LogP contribution in [0.15, 0.2) is 42.7 Å². The number of benzene rings is 1. The maximum Gasteiger partial charge on any atom is 0.0416 e. The van der Waals surface area contributed by atoms with E-state index in [1.54, 1.807) is 0 Å². The first kappa shape index (κ1) is 13.7. The lowest BCUT2D eigenvalue weighted by atomic mass is 10.1. The van der Waals surface area contributed by atoms with Crippen LogP contribution in [0.1, 0.15) is 16.7 Å². The number of anilines is 1. The lowest BCUT2D eigenvalue weighted by Gasteiger charge is -2.31. The molecule has 4 nitrogen and oxygen atoms in total. The summed E-state index contributed by atoms with van der Waals surface area (Å²) < 4.78 is 0. The van der Waals surface area contributed by atoms with E-state index in [0.29, 0.717) is 0 Å². The van der Waals surface area contributed by atoms with Crippen molar-refractivity contribution in [2.24, 2.45) is 0 Å². The van der Waals surface area contributed by atoms with Crippen molar-refractivity contribution < 1.29 is 0 Å². The fraction of sp³-hybridized carbons (Fsp3) is 0.389. The molecular formula is C18H22N4. The van der Waals surface area contributed by atoms with Gasteiger partial charge in [-0.1, -0.05) is 12.1 Å². The Bertz CT molecular complexity index is 635. The summed E-state index contributed by atoms with van der Waals surface area (Å²) >= 11 is 0. The minimum Gasteiger partial charge on any atom is -0.369 e. The molecule has 0 bridgehead atoms. The second-order valence-corrected chi connectivity index (χ2v) is 6.15. The van der Waals surface area contributed by atoms with Crippen LogP contribution in [-0.4, -0.2) is 36.1 Å². The molecule has 1 fully saturated rings. The zero-order valence-corrected chi connectivity index (χ0v) is 12.8. The third-order valence-corrected chi connectivity index (χ3v) is 4.64. The van der Waals surface area contributed by atoms with Gasteiger partial charge in [-0.15, -0.1) is 0 Å². The van der Waals surface area contributed by atoms with E-state index in [-0.39, 0.29) is 0 Å². The summed E-state index contributed by atoms with van der Waals surface area (Å²) in [5.74, 6) is 0.